The van der Waals surface area contributed by atoms with Crippen LogP contribution in [0.1, 0.15) is 39.7 Å². The van der Waals surface area contributed by atoms with E-state index in [0.717, 1.165) is 5.56 Å². The third kappa shape index (κ3) is 4.81. The Morgan fingerprint density at radius 1 is 1.19 bits per heavy atom. The molecule has 0 radical (unpaired) electrons. The van der Waals surface area contributed by atoms with Crippen LogP contribution >= 0.6 is 11.6 Å². The predicted octanol–water partition coefficient (Wildman–Crippen LogP) is 4.18. The molecule has 0 atom stereocenters. The predicted molar refractivity (Wildman–Crippen MR) is 83.5 cm³/mol. The molecule has 4 nitrogen and oxygen atoms in total. The summed E-state index contributed by atoms with van der Waals surface area (Å²) in [6, 6.07) is 3.58. The largest absolute Gasteiger partial charge is 0.490 e. The van der Waals surface area contributed by atoms with E-state index >= 15 is 0 Å². The zero-order chi connectivity index (χ0) is 16.0. The molecular formula is C16H23ClO4. The Balaban J connectivity index is 2.97. The van der Waals surface area contributed by atoms with Crippen molar-refractivity contribution in [3.05, 3.63) is 22.7 Å². The van der Waals surface area contributed by atoms with E-state index in [1.54, 1.807) is 19.9 Å². The third-order valence-electron chi connectivity index (χ3n) is 3.31. The standard InChI is InChI=1S/C16H23ClO4/c1-5-20-13-9-11(7-8-16(3,4)15(18)19)12(17)10-14(13)21-6-2/h9-10H,5-8H2,1-4H3,(H,18,19). The Bertz CT molecular complexity index is 497. The summed E-state index contributed by atoms with van der Waals surface area (Å²) in [6.07, 6.45) is 1.08. The summed E-state index contributed by atoms with van der Waals surface area (Å²) in [5.41, 5.74) is 0.0890. The lowest BCUT2D eigenvalue weighted by atomic mass is 9.86. The number of carbonyl (C=O) groups is 1. The van der Waals surface area contributed by atoms with Gasteiger partial charge in [-0.25, -0.2) is 0 Å². The van der Waals surface area contributed by atoms with Gasteiger partial charge in [-0.3, -0.25) is 4.79 Å². The Labute approximate surface area is 131 Å². The Kier molecular flexibility index (Phi) is 6.34. The second-order valence-corrected chi connectivity index (χ2v) is 5.85. The van der Waals surface area contributed by atoms with Gasteiger partial charge >= 0.3 is 5.97 Å². The van der Waals surface area contributed by atoms with E-state index in [9.17, 15) is 4.79 Å². The first kappa shape index (κ1) is 17.6. The number of aliphatic carboxylic acids is 1. The van der Waals surface area contributed by atoms with Crippen LogP contribution < -0.4 is 9.47 Å². The van der Waals surface area contributed by atoms with E-state index < -0.39 is 11.4 Å². The topological polar surface area (TPSA) is 55.8 Å². The zero-order valence-electron chi connectivity index (χ0n) is 13.0. The van der Waals surface area contributed by atoms with Crippen molar-refractivity contribution in [1.82, 2.24) is 0 Å². The number of aryl methyl sites for hydroxylation is 1. The van der Waals surface area contributed by atoms with E-state index in [-0.39, 0.29) is 0 Å². The molecule has 0 aromatic heterocycles. The minimum absolute atomic E-state index is 0.502. The highest BCUT2D eigenvalue weighted by Gasteiger charge is 2.27. The van der Waals surface area contributed by atoms with Crippen LogP contribution in [-0.4, -0.2) is 24.3 Å². The normalized spacial score (nSPS) is 11.3. The molecule has 0 amide bonds. The maximum Gasteiger partial charge on any atom is 0.309 e. The molecule has 0 aliphatic heterocycles. The SMILES string of the molecule is CCOc1cc(Cl)c(CCC(C)(C)C(=O)O)cc1OCC. The highest BCUT2D eigenvalue weighted by molar-refractivity contribution is 6.31. The Hall–Kier alpha value is -1.42. The second-order valence-electron chi connectivity index (χ2n) is 5.45. The van der Waals surface area contributed by atoms with Crippen LogP contribution in [0.4, 0.5) is 0 Å². The molecule has 1 aromatic carbocycles. The van der Waals surface area contributed by atoms with E-state index in [0.29, 0.717) is 42.6 Å². The van der Waals surface area contributed by atoms with Crippen LogP contribution in [-0.2, 0) is 11.2 Å². The van der Waals surface area contributed by atoms with Crippen molar-refractivity contribution in [2.45, 2.75) is 40.5 Å². The minimum atomic E-state index is -0.811. The summed E-state index contributed by atoms with van der Waals surface area (Å²) in [7, 11) is 0. The smallest absolute Gasteiger partial charge is 0.309 e. The van der Waals surface area contributed by atoms with Crippen LogP contribution in [0.15, 0.2) is 12.1 Å². The van der Waals surface area contributed by atoms with Gasteiger partial charge in [0.1, 0.15) is 0 Å². The maximum atomic E-state index is 11.2. The Morgan fingerprint density at radius 3 is 2.19 bits per heavy atom. The van der Waals surface area contributed by atoms with E-state index in [1.807, 2.05) is 19.9 Å². The highest BCUT2D eigenvalue weighted by atomic mass is 35.5. The van der Waals surface area contributed by atoms with Gasteiger partial charge in [-0.15, -0.1) is 0 Å². The number of benzene rings is 1. The van der Waals surface area contributed by atoms with Gasteiger partial charge in [-0.05, 0) is 52.2 Å². The van der Waals surface area contributed by atoms with E-state index in [2.05, 4.69) is 0 Å². The molecule has 0 bridgehead atoms. The van der Waals surface area contributed by atoms with Gasteiger partial charge in [0.25, 0.3) is 0 Å². The lowest BCUT2D eigenvalue weighted by Crippen LogP contribution is -2.24. The van der Waals surface area contributed by atoms with Crippen molar-refractivity contribution in [1.29, 1.82) is 0 Å². The van der Waals surface area contributed by atoms with Gasteiger partial charge in [-0.2, -0.15) is 0 Å². The minimum Gasteiger partial charge on any atom is -0.490 e. The monoisotopic (exact) mass is 314 g/mol. The molecule has 0 saturated heterocycles. The first-order valence-electron chi connectivity index (χ1n) is 7.13. The molecule has 21 heavy (non-hydrogen) atoms. The summed E-state index contributed by atoms with van der Waals surface area (Å²) in [6.45, 7) is 8.27. The van der Waals surface area contributed by atoms with Gasteiger partial charge in [0, 0.05) is 11.1 Å². The summed E-state index contributed by atoms with van der Waals surface area (Å²) >= 11 is 6.26. The van der Waals surface area contributed by atoms with Crippen LogP contribution in [0.3, 0.4) is 0 Å². The highest BCUT2D eigenvalue weighted by Crippen LogP contribution is 2.35. The number of carboxylic acids is 1. The fourth-order valence-corrected chi connectivity index (χ4v) is 2.11. The first-order chi connectivity index (χ1) is 9.81. The maximum absolute atomic E-state index is 11.2. The van der Waals surface area contributed by atoms with Crippen molar-refractivity contribution in [2.75, 3.05) is 13.2 Å². The van der Waals surface area contributed by atoms with Crippen LogP contribution in [0, 0.1) is 5.41 Å². The number of rotatable bonds is 8. The summed E-state index contributed by atoms with van der Waals surface area (Å²) in [4.78, 5) is 11.2. The average molecular weight is 315 g/mol. The van der Waals surface area contributed by atoms with Crippen LogP contribution in [0.5, 0.6) is 11.5 Å². The number of hydrogen-bond donors (Lipinski definition) is 1. The molecule has 118 valence electrons. The number of carboxylic acid groups (broad SMARTS) is 1. The molecule has 0 unspecified atom stereocenters. The number of hydrogen-bond acceptors (Lipinski definition) is 3. The second kappa shape index (κ2) is 7.55. The van der Waals surface area contributed by atoms with Crippen molar-refractivity contribution < 1.29 is 19.4 Å². The molecule has 5 heteroatoms. The van der Waals surface area contributed by atoms with E-state index in [4.69, 9.17) is 26.2 Å². The molecule has 0 fully saturated rings. The average Bonchev–Trinajstić information content (AvgIpc) is 2.40. The van der Waals surface area contributed by atoms with Crippen molar-refractivity contribution >= 4 is 17.6 Å². The molecule has 1 N–H and O–H groups in total. The van der Waals surface area contributed by atoms with Crippen LogP contribution in [0.25, 0.3) is 0 Å². The van der Waals surface area contributed by atoms with Gasteiger partial charge in [0.2, 0.25) is 0 Å². The van der Waals surface area contributed by atoms with E-state index in [1.165, 1.54) is 0 Å². The molecular weight excluding hydrogens is 292 g/mol. The van der Waals surface area contributed by atoms with Crippen molar-refractivity contribution in [3.63, 3.8) is 0 Å². The quantitative estimate of drug-likeness (QED) is 0.782. The fraction of sp³-hybridized carbons (Fsp3) is 0.562. The first-order valence-corrected chi connectivity index (χ1v) is 7.51. The molecule has 1 aromatic rings. The summed E-state index contributed by atoms with van der Waals surface area (Å²) < 4.78 is 11.1. The van der Waals surface area contributed by atoms with Crippen molar-refractivity contribution in [2.24, 2.45) is 5.41 Å². The van der Waals surface area contributed by atoms with Crippen molar-refractivity contribution in [3.8, 4) is 11.5 Å². The summed E-state index contributed by atoms with van der Waals surface area (Å²) in [5, 5.41) is 9.74. The summed E-state index contributed by atoms with van der Waals surface area (Å²) in [5.74, 6) is 0.451. The van der Waals surface area contributed by atoms with Crippen LogP contribution in [0.2, 0.25) is 5.02 Å². The molecule has 0 aliphatic rings. The fourth-order valence-electron chi connectivity index (χ4n) is 1.86. The molecule has 0 spiro atoms. The van der Waals surface area contributed by atoms with Gasteiger partial charge in [0.05, 0.1) is 18.6 Å². The molecule has 0 aliphatic carbocycles. The zero-order valence-corrected chi connectivity index (χ0v) is 13.8. The molecule has 0 heterocycles. The lowest BCUT2D eigenvalue weighted by molar-refractivity contribution is -0.147. The van der Waals surface area contributed by atoms with Gasteiger partial charge in [0.15, 0.2) is 11.5 Å². The Morgan fingerprint density at radius 2 is 1.71 bits per heavy atom. The lowest BCUT2D eigenvalue weighted by Gasteiger charge is -2.20. The number of halogens is 1. The van der Waals surface area contributed by atoms with Gasteiger partial charge in [-0.1, -0.05) is 11.6 Å². The van der Waals surface area contributed by atoms with Gasteiger partial charge < -0.3 is 14.6 Å². The third-order valence-corrected chi connectivity index (χ3v) is 3.66. The number of ether oxygens (including phenoxy) is 2. The molecule has 1 rings (SSSR count). The molecule has 0 saturated carbocycles.